The first-order valence-corrected chi connectivity index (χ1v) is 15.5. The van der Waals surface area contributed by atoms with E-state index in [0.29, 0.717) is 30.0 Å². The lowest BCUT2D eigenvalue weighted by Gasteiger charge is -2.33. The molecule has 0 spiro atoms. The second-order valence-electron chi connectivity index (χ2n) is 11.4. The smallest absolute Gasteiger partial charge is 0.373 e. The zero-order valence-electron chi connectivity index (χ0n) is 23.3. The van der Waals surface area contributed by atoms with E-state index < -0.39 is 39.9 Å². The number of piperidine rings is 1. The number of fused-ring (bicyclic) bond motifs is 2. The van der Waals surface area contributed by atoms with E-state index in [9.17, 15) is 26.7 Å². The van der Waals surface area contributed by atoms with Gasteiger partial charge in [0, 0.05) is 41.1 Å². The van der Waals surface area contributed by atoms with Gasteiger partial charge in [-0.2, -0.15) is 13.2 Å². The standard InChI is InChI=1S/C30H31F4N3O5S/c1-2-26(43(39)40)35-29(38)17-9-10-24(23(31)12-17)37-14-18-11-19(37)13-25(18)41-15-21-27(36-42-28(21)16-7-8-16)20-5-3-4-6-22(20)30(32,33)34/h3-6,9-10,12,16,18-19,25-26H,2,7-8,11,13-15H2,1H3,(H,35,38)(H,39,40)/t18-,19-,25+,26?/m0/s1. The van der Waals surface area contributed by atoms with Crippen LogP contribution in [-0.2, 0) is 28.6 Å². The van der Waals surface area contributed by atoms with Gasteiger partial charge in [-0.3, -0.25) is 4.79 Å². The number of hydrogen-bond acceptors (Lipinski definition) is 6. The molecule has 2 saturated carbocycles. The van der Waals surface area contributed by atoms with E-state index >= 15 is 4.39 Å². The molecule has 1 saturated heterocycles. The maximum Gasteiger partial charge on any atom is 0.417 e. The Morgan fingerprint density at radius 2 is 2.00 bits per heavy atom. The highest BCUT2D eigenvalue weighted by Gasteiger charge is 2.46. The molecule has 43 heavy (non-hydrogen) atoms. The SMILES string of the molecule is CCC(NC(=O)c1ccc(N2C[C@@H]3C[C@H]2C[C@H]3OCc2c(-c3ccccc3C(F)(F)F)noc2C2CC2)c(F)c1)S(=O)O. The fourth-order valence-electron chi connectivity index (χ4n) is 6.28. The minimum atomic E-state index is -4.55. The maximum atomic E-state index is 15.2. The lowest BCUT2D eigenvalue weighted by Crippen LogP contribution is -2.39. The van der Waals surface area contributed by atoms with Crippen molar-refractivity contribution >= 4 is 22.7 Å². The average Bonchev–Trinajstić information content (AvgIpc) is 3.42. The van der Waals surface area contributed by atoms with Crippen LogP contribution in [0.1, 0.15) is 72.2 Å². The van der Waals surface area contributed by atoms with Gasteiger partial charge in [0.05, 0.1) is 24.0 Å². The fraction of sp³-hybridized carbons (Fsp3) is 0.467. The number of carbonyl (C=O) groups is 1. The molecule has 2 heterocycles. The summed E-state index contributed by atoms with van der Waals surface area (Å²) in [7, 11) is 0. The van der Waals surface area contributed by atoms with Crippen molar-refractivity contribution in [1.82, 2.24) is 10.5 Å². The molecule has 2 bridgehead atoms. The van der Waals surface area contributed by atoms with E-state index in [1.54, 1.807) is 19.1 Å². The number of amides is 1. The number of nitrogens with zero attached hydrogens (tertiary/aromatic N) is 2. The van der Waals surface area contributed by atoms with Crippen molar-refractivity contribution in [3.05, 3.63) is 70.7 Å². The van der Waals surface area contributed by atoms with Crippen molar-refractivity contribution in [3.63, 3.8) is 0 Å². The summed E-state index contributed by atoms with van der Waals surface area (Å²) < 4.78 is 89.0. The Balaban J connectivity index is 1.14. The van der Waals surface area contributed by atoms with Gasteiger partial charge in [0.2, 0.25) is 0 Å². The Morgan fingerprint density at radius 1 is 1.23 bits per heavy atom. The second kappa shape index (κ2) is 11.7. The van der Waals surface area contributed by atoms with E-state index in [-0.39, 0.29) is 53.8 Å². The van der Waals surface area contributed by atoms with Gasteiger partial charge in [0.1, 0.15) is 22.6 Å². The molecule has 2 N–H and O–H groups in total. The summed E-state index contributed by atoms with van der Waals surface area (Å²) in [6, 6.07) is 9.49. The van der Waals surface area contributed by atoms with E-state index in [0.717, 1.165) is 31.4 Å². The molecule has 2 aliphatic carbocycles. The molecule has 1 amide bonds. The molecule has 2 aromatic carbocycles. The van der Waals surface area contributed by atoms with E-state index in [2.05, 4.69) is 10.5 Å². The van der Waals surface area contributed by atoms with E-state index in [4.69, 9.17) is 9.26 Å². The fourth-order valence-corrected chi connectivity index (χ4v) is 6.77. The molecule has 3 aliphatic rings. The van der Waals surface area contributed by atoms with Crippen LogP contribution in [0, 0.1) is 11.7 Å². The number of ether oxygens (including phenoxy) is 1. The first kappa shape index (κ1) is 29.8. The Kier molecular flexibility index (Phi) is 8.07. The van der Waals surface area contributed by atoms with Crippen LogP contribution in [0.5, 0.6) is 0 Å². The van der Waals surface area contributed by atoms with Crippen LogP contribution in [0.4, 0.5) is 23.2 Å². The van der Waals surface area contributed by atoms with E-state index in [1.807, 2.05) is 4.90 Å². The van der Waals surface area contributed by atoms with Gasteiger partial charge in [-0.15, -0.1) is 0 Å². The number of halogens is 4. The number of hydrogen-bond donors (Lipinski definition) is 2. The molecule has 8 nitrogen and oxygen atoms in total. The largest absolute Gasteiger partial charge is 0.417 e. The molecular weight excluding hydrogens is 590 g/mol. The summed E-state index contributed by atoms with van der Waals surface area (Å²) >= 11 is -2.24. The van der Waals surface area contributed by atoms with Crippen LogP contribution in [0.3, 0.4) is 0 Å². The third-order valence-corrected chi connectivity index (χ3v) is 9.54. The van der Waals surface area contributed by atoms with Crippen LogP contribution in [0.15, 0.2) is 47.0 Å². The lowest BCUT2D eigenvalue weighted by atomic mass is 9.99. The molecule has 6 rings (SSSR count). The first-order valence-electron chi connectivity index (χ1n) is 14.3. The minimum absolute atomic E-state index is 0.00117. The average molecular weight is 622 g/mol. The lowest BCUT2D eigenvalue weighted by molar-refractivity contribution is -0.137. The first-order chi connectivity index (χ1) is 20.5. The summed E-state index contributed by atoms with van der Waals surface area (Å²) in [6.45, 7) is 2.26. The monoisotopic (exact) mass is 621 g/mol. The highest BCUT2D eigenvalue weighted by atomic mass is 32.2. The van der Waals surface area contributed by atoms with Crippen molar-refractivity contribution in [2.45, 2.75) is 75.2 Å². The predicted molar refractivity (Wildman–Crippen MR) is 150 cm³/mol. The number of aromatic nitrogens is 1. The normalized spacial score (nSPS) is 23.0. The van der Waals surface area contributed by atoms with Crippen molar-refractivity contribution in [1.29, 1.82) is 0 Å². The zero-order chi connectivity index (χ0) is 30.5. The highest BCUT2D eigenvalue weighted by Crippen LogP contribution is 2.47. The number of anilines is 1. The van der Waals surface area contributed by atoms with Crippen LogP contribution >= 0.6 is 0 Å². The quantitative estimate of drug-likeness (QED) is 0.204. The van der Waals surface area contributed by atoms with Crippen molar-refractivity contribution in [3.8, 4) is 11.3 Å². The predicted octanol–water partition coefficient (Wildman–Crippen LogP) is 6.25. The zero-order valence-corrected chi connectivity index (χ0v) is 24.1. The summed E-state index contributed by atoms with van der Waals surface area (Å²) in [5, 5.41) is 5.56. The van der Waals surface area contributed by atoms with Gasteiger partial charge >= 0.3 is 6.18 Å². The number of alkyl halides is 3. The topological polar surface area (TPSA) is 105 Å². The molecule has 5 atom stereocenters. The number of benzene rings is 2. The molecule has 230 valence electrons. The van der Waals surface area contributed by atoms with Crippen LogP contribution in [0.2, 0.25) is 0 Å². The molecule has 3 fully saturated rings. The molecule has 3 aromatic rings. The molecule has 1 aromatic heterocycles. The second-order valence-corrected chi connectivity index (χ2v) is 12.5. The molecule has 13 heteroatoms. The van der Waals surface area contributed by atoms with Crippen molar-refractivity contribution in [2.75, 3.05) is 11.4 Å². The van der Waals surface area contributed by atoms with Gasteiger partial charge in [-0.1, -0.05) is 30.3 Å². The number of nitrogens with one attached hydrogen (secondary N) is 1. The molecule has 0 radical (unpaired) electrons. The van der Waals surface area contributed by atoms with Crippen LogP contribution in [-0.4, -0.2) is 43.9 Å². The maximum absolute atomic E-state index is 15.2. The van der Waals surface area contributed by atoms with Crippen LogP contribution < -0.4 is 10.2 Å². The van der Waals surface area contributed by atoms with E-state index in [1.165, 1.54) is 18.2 Å². The Hall–Kier alpha value is -3.29. The summed E-state index contributed by atoms with van der Waals surface area (Å²) in [5.74, 6) is -0.402. The van der Waals surface area contributed by atoms with Gasteiger partial charge in [-0.25, -0.2) is 8.60 Å². The Bertz CT molecular complexity index is 1540. The minimum Gasteiger partial charge on any atom is -0.373 e. The molecule has 2 unspecified atom stereocenters. The van der Waals surface area contributed by atoms with Crippen molar-refractivity contribution < 1.29 is 40.4 Å². The van der Waals surface area contributed by atoms with Crippen LogP contribution in [0.25, 0.3) is 11.3 Å². The molecular formula is C30H31F4N3O5S. The summed E-state index contributed by atoms with van der Waals surface area (Å²) in [5.41, 5.74) is 0.308. The third-order valence-electron chi connectivity index (χ3n) is 8.60. The highest BCUT2D eigenvalue weighted by molar-refractivity contribution is 7.79. The van der Waals surface area contributed by atoms with Gasteiger partial charge < -0.3 is 24.0 Å². The summed E-state index contributed by atoms with van der Waals surface area (Å²) in [6.07, 6.45) is -1.30. The molecule has 1 aliphatic heterocycles. The summed E-state index contributed by atoms with van der Waals surface area (Å²) in [4.78, 5) is 14.4. The Morgan fingerprint density at radius 3 is 2.63 bits per heavy atom. The third kappa shape index (κ3) is 5.94. The van der Waals surface area contributed by atoms with Crippen molar-refractivity contribution in [2.24, 2.45) is 5.92 Å². The van der Waals surface area contributed by atoms with Gasteiger partial charge in [0.15, 0.2) is 11.1 Å². The van der Waals surface area contributed by atoms with Gasteiger partial charge in [-0.05, 0) is 56.4 Å². The number of carbonyl (C=O) groups excluding carboxylic acids is 1. The number of rotatable bonds is 10. The Labute approximate surface area is 248 Å². The van der Waals surface area contributed by atoms with Gasteiger partial charge in [0.25, 0.3) is 5.91 Å².